The first-order valence-electron chi connectivity index (χ1n) is 11.2. The van der Waals surface area contributed by atoms with Gasteiger partial charge in [-0.25, -0.2) is 18.6 Å². The molecule has 0 aliphatic carbocycles. The van der Waals surface area contributed by atoms with E-state index in [1.165, 1.54) is 7.05 Å². The average molecular weight is 550 g/mol. The lowest BCUT2D eigenvalue weighted by Crippen LogP contribution is -2.40. The maximum atomic E-state index is 13.3. The SMILES string of the molecule is CCC(O)(C(=O)Nc1cccc(-c2c(Br)c3[nH]c(=O)n(C)c(=O)n3c2C#N)c1)c1ccc(C)cc1C. The van der Waals surface area contributed by atoms with Gasteiger partial charge in [-0.1, -0.05) is 42.8 Å². The Morgan fingerprint density at radius 3 is 2.58 bits per heavy atom. The largest absolute Gasteiger partial charge is 0.375 e. The van der Waals surface area contributed by atoms with Gasteiger partial charge in [0.2, 0.25) is 0 Å². The number of nitriles is 1. The fraction of sp³-hybridized carbons (Fsp3) is 0.231. The van der Waals surface area contributed by atoms with Gasteiger partial charge in [-0.05, 0) is 65.0 Å². The van der Waals surface area contributed by atoms with Crippen LogP contribution >= 0.6 is 15.9 Å². The van der Waals surface area contributed by atoms with Gasteiger partial charge in [-0.2, -0.15) is 5.26 Å². The molecule has 0 spiro atoms. The van der Waals surface area contributed by atoms with E-state index >= 15 is 0 Å². The zero-order valence-corrected chi connectivity index (χ0v) is 21.7. The first-order valence-corrected chi connectivity index (χ1v) is 12.0. The van der Waals surface area contributed by atoms with Crippen LogP contribution in [0.25, 0.3) is 16.8 Å². The van der Waals surface area contributed by atoms with Crippen LogP contribution in [0.3, 0.4) is 0 Å². The van der Waals surface area contributed by atoms with E-state index in [9.17, 15) is 24.8 Å². The van der Waals surface area contributed by atoms with Gasteiger partial charge in [0, 0.05) is 18.3 Å². The molecule has 184 valence electrons. The molecule has 3 N–H and O–H groups in total. The molecular weight excluding hydrogens is 526 g/mol. The van der Waals surface area contributed by atoms with Crippen LogP contribution in [0.5, 0.6) is 0 Å². The van der Waals surface area contributed by atoms with E-state index in [0.717, 1.165) is 20.1 Å². The summed E-state index contributed by atoms with van der Waals surface area (Å²) in [5.74, 6) is -0.589. The standard InChI is InChI=1S/C26H24BrN5O4/c1-5-26(36,18-10-9-14(2)11-15(18)3)23(33)29-17-8-6-7-16(12-17)20-19(13-28)32-22(21(20)27)30-24(34)31(4)25(32)35/h6-12,36H,5H2,1-4H3,(H,29,33)(H,30,34). The lowest BCUT2D eigenvalue weighted by molar-refractivity contribution is -0.135. The maximum Gasteiger partial charge on any atom is 0.338 e. The Hall–Kier alpha value is -3.94. The van der Waals surface area contributed by atoms with Crippen molar-refractivity contribution in [3.63, 3.8) is 0 Å². The Labute approximate surface area is 214 Å². The third-order valence-electron chi connectivity index (χ3n) is 6.35. The van der Waals surface area contributed by atoms with E-state index < -0.39 is 22.9 Å². The molecule has 2 heterocycles. The summed E-state index contributed by atoms with van der Waals surface area (Å²) in [6, 6.07) is 14.3. The smallest absolute Gasteiger partial charge is 0.338 e. The topological polar surface area (TPSA) is 132 Å². The van der Waals surface area contributed by atoms with Crippen molar-refractivity contribution in [2.24, 2.45) is 7.05 Å². The van der Waals surface area contributed by atoms with Gasteiger partial charge in [0.1, 0.15) is 17.4 Å². The molecule has 1 amide bonds. The monoisotopic (exact) mass is 549 g/mol. The van der Waals surface area contributed by atoms with Crippen molar-refractivity contribution in [3.8, 4) is 17.2 Å². The van der Waals surface area contributed by atoms with Crippen LogP contribution in [-0.2, 0) is 17.4 Å². The fourth-order valence-electron chi connectivity index (χ4n) is 4.38. The second kappa shape index (κ2) is 9.26. The third-order valence-corrected chi connectivity index (χ3v) is 7.12. The zero-order chi connectivity index (χ0) is 26.4. The Morgan fingerprint density at radius 1 is 1.22 bits per heavy atom. The molecule has 4 rings (SSSR count). The lowest BCUT2D eigenvalue weighted by atomic mass is 9.86. The Balaban J connectivity index is 1.79. The van der Waals surface area contributed by atoms with Crippen molar-refractivity contribution in [2.75, 3.05) is 5.32 Å². The van der Waals surface area contributed by atoms with Crippen molar-refractivity contribution in [1.82, 2.24) is 14.0 Å². The number of benzene rings is 2. The summed E-state index contributed by atoms with van der Waals surface area (Å²) >= 11 is 3.42. The number of nitrogens with zero attached hydrogens (tertiary/aromatic N) is 3. The van der Waals surface area contributed by atoms with Crippen molar-refractivity contribution in [1.29, 1.82) is 5.26 Å². The molecule has 36 heavy (non-hydrogen) atoms. The van der Waals surface area contributed by atoms with Crippen LogP contribution in [0.15, 0.2) is 56.5 Å². The summed E-state index contributed by atoms with van der Waals surface area (Å²) in [7, 11) is 1.32. The quantitative estimate of drug-likeness (QED) is 0.350. The molecular formula is C26H24BrN5O4. The van der Waals surface area contributed by atoms with Gasteiger partial charge in [-0.15, -0.1) is 0 Å². The van der Waals surface area contributed by atoms with Crippen LogP contribution in [0, 0.1) is 25.2 Å². The highest BCUT2D eigenvalue weighted by molar-refractivity contribution is 9.10. The molecule has 1 unspecified atom stereocenters. The summed E-state index contributed by atoms with van der Waals surface area (Å²) in [5.41, 5.74) is 0.802. The lowest BCUT2D eigenvalue weighted by Gasteiger charge is -2.28. The second-order valence-corrected chi connectivity index (χ2v) is 9.47. The molecule has 0 radical (unpaired) electrons. The van der Waals surface area contributed by atoms with Crippen molar-refractivity contribution < 1.29 is 9.90 Å². The van der Waals surface area contributed by atoms with Gasteiger partial charge in [0.15, 0.2) is 5.60 Å². The molecule has 2 aromatic heterocycles. The number of nitrogens with one attached hydrogen (secondary N) is 2. The van der Waals surface area contributed by atoms with Gasteiger partial charge < -0.3 is 10.4 Å². The predicted molar refractivity (Wildman–Crippen MR) is 140 cm³/mol. The van der Waals surface area contributed by atoms with Gasteiger partial charge in [-0.3, -0.25) is 9.78 Å². The number of H-pyrrole nitrogens is 1. The number of hydrogen-bond acceptors (Lipinski definition) is 5. The summed E-state index contributed by atoms with van der Waals surface area (Å²) in [6.45, 7) is 5.53. The molecule has 1 atom stereocenters. The minimum absolute atomic E-state index is 0.0255. The van der Waals surface area contributed by atoms with E-state index in [0.29, 0.717) is 26.9 Å². The van der Waals surface area contributed by atoms with Crippen molar-refractivity contribution >= 4 is 33.2 Å². The van der Waals surface area contributed by atoms with Crippen molar-refractivity contribution in [3.05, 3.63) is 90.3 Å². The Kier molecular flexibility index (Phi) is 6.47. The molecule has 0 saturated heterocycles. The molecule has 0 bridgehead atoms. The fourth-order valence-corrected chi connectivity index (χ4v) is 5.07. The Morgan fingerprint density at radius 2 is 1.94 bits per heavy atom. The summed E-state index contributed by atoms with van der Waals surface area (Å²) in [4.78, 5) is 40.7. The second-order valence-electron chi connectivity index (χ2n) is 8.67. The van der Waals surface area contributed by atoms with Crippen LogP contribution in [0.1, 0.15) is 35.7 Å². The third kappa shape index (κ3) is 3.96. The number of aliphatic hydroxyl groups is 1. The van der Waals surface area contributed by atoms with Gasteiger partial charge in [0.25, 0.3) is 5.91 Å². The number of rotatable bonds is 5. The number of aromatic amines is 1. The minimum Gasteiger partial charge on any atom is -0.375 e. The van der Waals surface area contributed by atoms with Gasteiger partial charge >= 0.3 is 11.4 Å². The maximum absolute atomic E-state index is 13.3. The number of aryl methyl sites for hydroxylation is 2. The first kappa shape index (κ1) is 25.2. The summed E-state index contributed by atoms with van der Waals surface area (Å²) in [6.07, 6.45) is 0.161. The van der Waals surface area contributed by atoms with E-state index in [-0.39, 0.29) is 17.8 Å². The average Bonchev–Trinajstić information content (AvgIpc) is 3.13. The first-order chi connectivity index (χ1) is 17.0. The van der Waals surface area contributed by atoms with Crippen LogP contribution in [0.2, 0.25) is 0 Å². The van der Waals surface area contributed by atoms with E-state index in [2.05, 4.69) is 26.2 Å². The number of aromatic nitrogens is 3. The molecule has 4 aromatic rings. The van der Waals surface area contributed by atoms with E-state index in [4.69, 9.17) is 0 Å². The molecule has 2 aromatic carbocycles. The van der Waals surface area contributed by atoms with Crippen LogP contribution in [-0.4, -0.2) is 25.0 Å². The normalized spacial score (nSPS) is 12.8. The molecule has 0 saturated carbocycles. The van der Waals surface area contributed by atoms with Crippen LogP contribution in [0.4, 0.5) is 5.69 Å². The Bertz CT molecular complexity index is 1690. The highest BCUT2D eigenvalue weighted by Crippen LogP contribution is 2.37. The van der Waals surface area contributed by atoms with Gasteiger partial charge in [0.05, 0.1) is 4.47 Å². The zero-order valence-electron chi connectivity index (χ0n) is 20.1. The number of fused-ring (bicyclic) bond motifs is 1. The van der Waals surface area contributed by atoms with E-state index in [1.807, 2.05) is 32.0 Å². The predicted octanol–water partition coefficient (Wildman–Crippen LogP) is 3.48. The number of hydrogen-bond donors (Lipinski definition) is 3. The van der Waals surface area contributed by atoms with E-state index in [1.54, 1.807) is 37.3 Å². The molecule has 0 aliphatic heterocycles. The van der Waals surface area contributed by atoms with Crippen LogP contribution < -0.4 is 16.7 Å². The number of anilines is 1. The number of carbonyl (C=O) groups is 1. The molecule has 10 heteroatoms. The summed E-state index contributed by atoms with van der Waals surface area (Å²) < 4.78 is 2.36. The number of amides is 1. The number of carbonyl (C=O) groups excluding carboxylic acids is 1. The summed E-state index contributed by atoms with van der Waals surface area (Å²) in [5, 5.41) is 24.0. The number of halogens is 1. The highest BCUT2D eigenvalue weighted by atomic mass is 79.9. The molecule has 9 nitrogen and oxygen atoms in total. The molecule has 0 aliphatic rings. The van der Waals surface area contributed by atoms with Crippen molar-refractivity contribution in [2.45, 2.75) is 32.8 Å². The highest BCUT2D eigenvalue weighted by Gasteiger charge is 2.37. The molecule has 0 fully saturated rings. The minimum atomic E-state index is -1.75.